The second-order valence-electron chi connectivity index (χ2n) is 6.75. The number of halogens is 1. The van der Waals surface area contributed by atoms with Crippen molar-refractivity contribution in [3.05, 3.63) is 34.8 Å². The molecule has 132 valence electrons. The van der Waals surface area contributed by atoms with E-state index in [1.807, 2.05) is 6.92 Å². The predicted octanol–water partition coefficient (Wildman–Crippen LogP) is 4.63. The molecule has 0 spiro atoms. The largest absolute Gasteiger partial charge is 0.401 e. The van der Waals surface area contributed by atoms with Crippen LogP contribution in [0.2, 0.25) is 0 Å². The average Bonchev–Trinajstić information content (AvgIpc) is 3.38. The van der Waals surface area contributed by atoms with Crippen LogP contribution in [0.15, 0.2) is 39.8 Å². The van der Waals surface area contributed by atoms with Gasteiger partial charge in [-0.25, -0.2) is 4.99 Å². The van der Waals surface area contributed by atoms with Gasteiger partial charge in [-0.15, -0.1) is 0 Å². The Morgan fingerprint density at radius 1 is 1.29 bits per heavy atom. The van der Waals surface area contributed by atoms with E-state index in [4.69, 9.17) is 22.7 Å². The number of allylic oxidation sites excluding steroid dienone is 4. The van der Waals surface area contributed by atoms with Gasteiger partial charge < -0.3 is 16.5 Å². The Kier molecular flexibility index (Phi) is 7.10. The lowest BCUT2D eigenvalue weighted by Gasteiger charge is -2.24. The Hall–Kier alpha value is -1.55. The fraction of sp³-hybridized carbons (Fsp3) is 0.579. The summed E-state index contributed by atoms with van der Waals surface area (Å²) < 4.78 is 0. The van der Waals surface area contributed by atoms with E-state index in [0.29, 0.717) is 39.8 Å². The van der Waals surface area contributed by atoms with Crippen LogP contribution in [0, 0.1) is 11.3 Å². The molecule has 0 radical (unpaired) electrons. The fourth-order valence-corrected chi connectivity index (χ4v) is 3.23. The van der Waals surface area contributed by atoms with Crippen LogP contribution in [0.5, 0.6) is 0 Å². The van der Waals surface area contributed by atoms with Crippen molar-refractivity contribution in [3.8, 4) is 0 Å². The Labute approximate surface area is 150 Å². The summed E-state index contributed by atoms with van der Waals surface area (Å²) in [6.07, 6.45) is 12.4. The topological polar surface area (TPSA) is 74.3 Å². The maximum atomic E-state index is 7.77. The van der Waals surface area contributed by atoms with Crippen molar-refractivity contribution in [2.75, 3.05) is 0 Å². The van der Waals surface area contributed by atoms with Gasteiger partial charge in [-0.1, -0.05) is 43.5 Å². The number of aliphatic imine (C=N–C) groups is 1. The molecule has 0 heterocycles. The second kappa shape index (κ2) is 9.07. The Morgan fingerprint density at radius 3 is 2.50 bits per heavy atom. The van der Waals surface area contributed by atoms with Crippen LogP contribution in [0.25, 0.3) is 0 Å². The number of nitrogens with zero attached hydrogens (tertiary/aromatic N) is 1. The number of hydrogen-bond acceptors (Lipinski definition) is 4. The molecule has 4 N–H and O–H groups in total. The van der Waals surface area contributed by atoms with Gasteiger partial charge >= 0.3 is 0 Å². The van der Waals surface area contributed by atoms with Gasteiger partial charge in [0.05, 0.1) is 10.7 Å². The van der Waals surface area contributed by atoms with Crippen molar-refractivity contribution >= 4 is 23.5 Å². The van der Waals surface area contributed by atoms with Crippen molar-refractivity contribution in [3.63, 3.8) is 0 Å². The summed E-state index contributed by atoms with van der Waals surface area (Å²) in [4.78, 5) is 4.58. The minimum absolute atomic E-state index is 0.428. The van der Waals surface area contributed by atoms with Gasteiger partial charge in [-0.05, 0) is 44.9 Å². The molecule has 0 aromatic rings. The highest BCUT2D eigenvalue weighted by Crippen LogP contribution is 2.35. The number of rotatable bonds is 8. The molecule has 24 heavy (non-hydrogen) atoms. The summed E-state index contributed by atoms with van der Waals surface area (Å²) in [6.45, 7) is 5.89. The van der Waals surface area contributed by atoms with Crippen molar-refractivity contribution in [1.82, 2.24) is 5.32 Å². The van der Waals surface area contributed by atoms with E-state index in [1.54, 1.807) is 6.08 Å². The van der Waals surface area contributed by atoms with Crippen LogP contribution in [0.1, 0.15) is 58.3 Å². The molecule has 5 heteroatoms. The van der Waals surface area contributed by atoms with Gasteiger partial charge in [0.15, 0.2) is 0 Å². The molecule has 4 nitrogen and oxygen atoms in total. The lowest BCUT2D eigenvalue weighted by atomic mass is 9.95. The van der Waals surface area contributed by atoms with E-state index in [9.17, 15) is 0 Å². The van der Waals surface area contributed by atoms with Crippen molar-refractivity contribution in [2.24, 2.45) is 16.6 Å². The molecule has 2 fully saturated rings. The molecule has 0 amide bonds. The predicted molar refractivity (Wildman–Crippen MR) is 104 cm³/mol. The third kappa shape index (κ3) is 5.52. The summed E-state index contributed by atoms with van der Waals surface area (Å²) in [5, 5.41) is 11.7. The SMILES string of the molecule is C=C(/N=C(C(\Cl)=C/C)/C(C=N)=C(/N)CC1CC1)NC1CCCCC1. The molecular formula is C19H29ClN4. The van der Waals surface area contributed by atoms with Crippen LogP contribution < -0.4 is 11.1 Å². The molecule has 0 aromatic carbocycles. The van der Waals surface area contributed by atoms with E-state index in [0.717, 1.165) is 19.3 Å². The molecule has 0 saturated heterocycles. The van der Waals surface area contributed by atoms with Crippen LogP contribution in [0.3, 0.4) is 0 Å². The Morgan fingerprint density at radius 2 is 1.96 bits per heavy atom. The first-order valence-electron chi connectivity index (χ1n) is 8.91. The molecule has 2 aliphatic rings. The molecular weight excluding hydrogens is 320 g/mol. The average molecular weight is 349 g/mol. The van der Waals surface area contributed by atoms with E-state index in [1.165, 1.54) is 38.3 Å². The fourth-order valence-electron chi connectivity index (χ4n) is 3.08. The maximum Gasteiger partial charge on any atom is 0.119 e. The van der Waals surface area contributed by atoms with E-state index in [2.05, 4.69) is 16.9 Å². The Balaban J connectivity index is 2.18. The molecule has 0 bridgehead atoms. The second-order valence-corrected chi connectivity index (χ2v) is 7.16. The molecule has 0 aromatic heterocycles. The first-order valence-corrected chi connectivity index (χ1v) is 9.28. The van der Waals surface area contributed by atoms with Crippen molar-refractivity contribution < 1.29 is 0 Å². The highest BCUT2D eigenvalue weighted by atomic mass is 35.5. The zero-order valence-electron chi connectivity index (χ0n) is 14.6. The molecule has 0 atom stereocenters. The molecule has 2 saturated carbocycles. The normalized spacial score (nSPS) is 21.2. The zero-order valence-corrected chi connectivity index (χ0v) is 15.3. The van der Waals surface area contributed by atoms with Crippen LogP contribution in [-0.2, 0) is 0 Å². The first kappa shape index (κ1) is 18.8. The summed E-state index contributed by atoms with van der Waals surface area (Å²) in [7, 11) is 0. The third-order valence-electron chi connectivity index (χ3n) is 4.65. The minimum atomic E-state index is 0.428. The molecule has 2 aliphatic carbocycles. The van der Waals surface area contributed by atoms with Gasteiger partial charge in [0, 0.05) is 23.5 Å². The molecule has 0 unspecified atom stereocenters. The van der Waals surface area contributed by atoms with Crippen LogP contribution in [0.4, 0.5) is 0 Å². The van der Waals surface area contributed by atoms with Gasteiger partial charge in [-0.3, -0.25) is 0 Å². The summed E-state index contributed by atoms with van der Waals surface area (Å²) >= 11 is 6.36. The summed E-state index contributed by atoms with van der Waals surface area (Å²) in [6, 6.07) is 0.428. The van der Waals surface area contributed by atoms with Gasteiger partial charge in [-0.2, -0.15) is 0 Å². The summed E-state index contributed by atoms with van der Waals surface area (Å²) in [5.74, 6) is 1.24. The molecule has 0 aliphatic heterocycles. The first-order chi connectivity index (χ1) is 11.5. The third-order valence-corrected chi connectivity index (χ3v) is 5.05. The number of nitrogens with one attached hydrogen (secondary N) is 2. The van der Waals surface area contributed by atoms with Crippen LogP contribution in [-0.4, -0.2) is 18.0 Å². The van der Waals surface area contributed by atoms with Crippen molar-refractivity contribution in [2.45, 2.75) is 64.3 Å². The monoisotopic (exact) mass is 348 g/mol. The van der Waals surface area contributed by atoms with E-state index >= 15 is 0 Å². The van der Waals surface area contributed by atoms with Crippen molar-refractivity contribution in [1.29, 1.82) is 5.41 Å². The van der Waals surface area contributed by atoms with Gasteiger partial charge in [0.25, 0.3) is 0 Å². The lowest BCUT2D eigenvalue weighted by molar-refractivity contribution is 0.396. The summed E-state index contributed by atoms with van der Waals surface area (Å²) in [5.41, 5.74) is 8.08. The smallest absolute Gasteiger partial charge is 0.119 e. The highest BCUT2D eigenvalue weighted by Gasteiger charge is 2.24. The zero-order chi connectivity index (χ0) is 17.5. The van der Waals surface area contributed by atoms with E-state index in [-0.39, 0.29) is 0 Å². The molecule has 2 rings (SSSR count). The van der Waals surface area contributed by atoms with Gasteiger partial charge in [0.1, 0.15) is 5.82 Å². The highest BCUT2D eigenvalue weighted by molar-refractivity contribution is 6.48. The number of hydrogen-bond donors (Lipinski definition) is 3. The quantitative estimate of drug-likeness (QED) is 0.559. The lowest BCUT2D eigenvalue weighted by Crippen LogP contribution is -2.30. The van der Waals surface area contributed by atoms with Gasteiger partial charge in [0.2, 0.25) is 0 Å². The minimum Gasteiger partial charge on any atom is -0.401 e. The number of nitrogens with two attached hydrogens (primary N) is 1. The van der Waals surface area contributed by atoms with Crippen LogP contribution >= 0.6 is 11.6 Å². The standard InChI is InChI=1S/C19H29ClN4/c1-3-17(20)19(16(12-21)18(22)11-14-9-10-14)24-13(2)23-15-7-5-4-6-8-15/h3,12,14-15,21,23H,2,4-11,22H2,1H3/b17-3+,18-16+,21-12?,24-19-. The van der Waals surface area contributed by atoms with E-state index < -0.39 is 0 Å². The maximum absolute atomic E-state index is 7.77. The Bertz CT molecular complexity index is 564.